The molecule has 0 spiro atoms. The fraction of sp³-hybridized carbons (Fsp3) is 0. The van der Waals surface area contributed by atoms with Gasteiger partial charge >= 0.3 is 0 Å². The Hall–Kier alpha value is -7.48. The maximum absolute atomic E-state index is 6.70. The molecule has 0 N–H and O–H groups in total. The highest BCUT2D eigenvalue weighted by Gasteiger charge is 2.21. The van der Waals surface area contributed by atoms with E-state index >= 15 is 0 Å². The molecular formula is C50H28N4O2S. The standard InChI is InChI=1S/C50H28N4O2S/c1-2-12-30(13-3-1)47-52-48(54-49(53-47)34-22-21-29-11-4-5-14-31(29)25-34)33-16-10-15-32(26-33)39-28-40-45(44-38-18-7-9-20-43(38)57-46(39)44)56-50(51-40)35-23-24-37-36-17-6-8-19-41(36)55-42(37)27-35/h1-28H. The van der Waals surface area contributed by atoms with Gasteiger partial charge in [-0.1, -0.05) is 121 Å². The minimum absolute atomic E-state index is 0.551. The van der Waals surface area contributed by atoms with Gasteiger partial charge in [0.2, 0.25) is 5.89 Å². The van der Waals surface area contributed by atoms with Crippen molar-refractivity contribution in [2.75, 3.05) is 0 Å². The summed E-state index contributed by atoms with van der Waals surface area (Å²) in [6, 6.07) is 58.2. The smallest absolute Gasteiger partial charge is 0.227 e. The Bertz CT molecular complexity index is 3550. The van der Waals surface area contributed by atoms with E-state index in [-0.39, 0.29) is 0 Å². The van der Waals surface area contributed by atoms with Crippen molar-refractivity contribution in [3.05, 3.63) is 170 Å². The lowest BCUT2D eigenvalue weighted by Crippen LogP contribution is -2.00. The molecule has 0 atom stereocenters. The highest BCUT2D eigenvalue weighted by atomic mass is 32.1. The molecule has 4 aromatic heterocycles. The Morgan fingerprint density at radius 1 is 0.404 bits per heavy atom. The first-order valence-electron chi connectivity index (χ1n) is 18.8. The largest absolute Gasteiger partial charge is 0.456 e. The molecule has 4 heterocycles. The van der Waals surface area contributed by atoms with E-state index in [4.69, 9.17) is 28.8 Å². The summed E-state index contributed by atoms with van der Waals surface area (Å²) in [6.07, 6.45) is 0. The molecule has 8 aromatic carbocycles. The summed E-state index contributed by atoms with van der Waals surface area (Å²) in [4.78, 5) is 20.3. The van der Waals surface area contributed by atoms with Gasteiger partial charge in [0.05, 0.1) is 0 Å². The molecule has 0 aliphatic carbocycles. The average molecular weight is 749 g/mol. The molecule has 0 saturated heterocycles. The van der Waals surface area contributed by atoms with Crippen LogP contribution in [-0.4, -0.2) is 19.9 Å². The van der Waals surface area contributed by atoms with E-state index in [1.807, 2.05) is 54.6 Å². The third kappa shape index (κ3) is 5.24. The quantitative estimate of drug-likeness (QED) is 0.174. The number of hydrogen-bond acceptors (Lipinski definition) is 7. The number of para-hydroxylation sites is 1. The fourth-order valence-electron chi connectivity index (χ4n) is 7.97. The third-order valence-corrected chi connectivity index (χ3v) is 11.9. The molecule has 6 nitrogen and oxygen atoms in total. The topological polar surface area (TPSA) is 77.8 Å². The number of nitrogens with zero attached hydrogens (tertiary/aromatic N) is 4. The molecule has 0 bridgehead atoms. The van der Waals surface area contributed by atoms with Gasteiger partial charge in [-0.3, -0.25) is 0 Å². The summed E-state index contributed by atoms with van der Waals surface area (Å²) in [5.41, 5.74) is 8.94. The van der Waals surface area contributed by atoms with E-state index in [1.54, 1.807) is 11.3 Å². The number of aromatic nitrogens is 4. The van der Waals surface area contributed by atoms with E-state index in [9.17, 15) is 0 Å². The second kappa shape index (κ2) is 12.5. The Labute approximate surface area is 329 Å². The van der Waals surface area contributed by atoms with Crippen molar-refractivity contribution in [3.63, 3.8) is 0 Å². The lowest BCUT2D eigenvalue weighted by molar-refractivity contribution is 0.622. The van der Waals surface area contributed by atoms with Crippen molar-refractivity contribution in [1.82, 2.24) is 19.9 Å². The van der Waals surface area contributed by atoms with Crippen LogP contribution >= 0.6 is 11.3 Å². The average Bonchev–Trinajstić information content (AvgIpc) is 3.99. The molecule has 0 amide bonds. The van der Waals surface area contributed by atoms with Gasteiger partial charge in [-0.25, -0.2) is 19.9 Å². The number of hydrogen-bond donors (Lipinski definition) is 0. The second-order valence-corrected chi connectivity index (χ2v) is 15.3. The molecule has 0 radical (unpaired) electrons. The number of furan rings is 1. The summed E-state index contributed by atoms with van der Waals surface area (Å²) < 4.78 is 15.3. The minimum Gasteiger partial charge on any atom is -0.456 e. The molecule has 7 heteroatoms. The lowest BCUT2D eigenvalue weighted by atomic mass is 9.99. The molecule has 57 heavy (non-hydrogen) atoms. The maximum atomic E-state index is 6.70. The number of rotatable bonds is 5. The van der Waals surface area contributed by atoms with Crippen molar-refractivity contribution in [3.8, 4) is 56.7 Å². The molecule has 0 unspecified atom stereocenters. The Morgan fingerprint density at radius 3 is 1.95 bits per heavy atom. The predicted molar refractivity (Wildman–Crippen MR) is 232 cm³/mol. The van der Waals surface area contributed by atoms with Gasteiger partial charge in [0.15, 0.2) is 23.1 Å². The normalized spacial score (nSPS) is 11.9. The fourth-order valence-corrected chi connectivity index (χ4v) is 9.21. The molecule has 0 saturated carbocycles. The van der Waals surface area contributed by atoms with Crippen LogP contribution in [0.1, 0.15) is 0 Å². The van der Waals surface area contributed by atoms with Crippen LogP contribution in [0.15, 0.2) is 179 Å². The summed E-state index contributed by atoms with van der Waals surface area (Å²) in [6.45, 7) is 0. The Morgan fingerprint density at radius 2 is 1.07 bits per heavy atom. The van der Waals surface area contributed by atoms with Gasteiger partial charge in [0.1, 0.15) is 16.7 Å². The zero-order valence-electron chi connectivity index (χ0n) is 30.2. The molecule has 12 aromatic rings. The molecule has 0 fully saturated rings. The van der Waals surface area contributed by atoms with Gasteiger partial charge in [-0.2, -0.15) is 0 Å². The first-order valence-corrected chi connectivity index (χ1v) is 19.6. The molecule has 12 rings (SSSR count). The van der Waals surface area contributed by atoms with Crippen LogP contribution in [0.25, 0.3) is 121 Å². The summed E-state index contributed by atoms with van der Waals surface area (Å²) >= 11 is 1.77. The summed E-state index contributed by atoms with van der Waals surface area (Å²) in [5, 5.41) is 6.66. The zero-order valence-corrected chi connectivity index (χ0v) is 31.0. The minimum atomic E-state index is 0.551. The van der Waals surface area contributed by atoms with Crippen LogP contribution in [-0.2, 0) is 0 Å². The van der Waals surface area contributed by atoms with Gasteiger partial charge < -0.3 is 8.83 Å². The van der Waals surface area contributed by atoms with E-state index in [0.29, 0.717) is 23.4 Å². The lowest BCUT2D eigenvalue weighted by Gasteiger charge is -2.10. The zero-order chi connectivity index (χ0) is 37.5. The second-order valence-electron chi connectivity index (χ2n) is 14.2. The molecule has 266 valence electrons. The SMILES string of the molecule is c1ccc(-c2nc(-c3cccc(-c4cc5nc(-c6ccc7c(c6)oc6ccccc67)oc5c5c4sc4ccccc45)c3)nc(-c3ccc4ccccc4c3)n2)cc1. The molecule has 0 aliphatic heterocycles. The van der Waals surface area contributed by atoms with Crippen molar-refractivity contribution < 1.29 is 8.83 Å². The summed E-state index contributed by atoms with van der Waals surface area (Å²) in [7, 11) is 0. The van der Waals surface area contributed by atoms with Gasteiger partial charge in [-0.15, -0.1) is 11.3 Å². The van der Waals surface area contributed by atoms with Crippen LogP contribution in [0.3, 0.4) is 0 Å². The van der Waals surface area contributed by atoms with Crippen LogP contribution < -0.4 is 0 Å². The van der Waals surface area contributed by atoms with Crippen LogP contribution in [0.5, 0.6) is 0 Å². The van der Waals surface area contributed by atoms with E-state index in [1.165, 1.54) is 10.1 Å². The van der Waals surface area contributed by atoms with Gasteiger partial charge in [0, 0.05) is 58.8 Å². The number of thiophene rings is 1. The first kappa shape index (κ1) is 31.8. The van der Waals surface area contributed by atoms with E-state index in [0.717, 1.165) is 87.3 Å². The van der Waals surface area contributed by atoms with Crippen LogP contribution in [0.2, 0.25) is 0 Å². The Kier molecular flexibility index (Phi) is 7.00. The first-order chi connectivity index (χ1) is 28.2. The monoisotopic (exact) mass is 748 g/mol. The van der Waals surface area contributed by atoms with Gasteiger partial charge in [-0.05, 0) is 64.9 Å². The molecular weight excluding hydrogens is 721 g/mol. The summed E-state index contributed by atoms with van der Waals surface area (Å²) in [5.74, 6) is 2.40. The number of oxazole rings is 1. The van der Waals surface area contributed by atoms with Gasteiger partial charge in [0.25, 0.3) is 0 Å². The van der Waals surface area contributed by atoms with Crippen molar-refractivity contribution >= 4 is 75.3 Å². The number of fused-ring (bicyclic) bond motifs is 9. The van der Waals surface area contributed by atoms with Crippen molar-refractivity contribution in [1.29, 1.82) is 0 Å². The van der Waals surface area contributed by atoms with Crippen molar-refractivity contribution in [2.45, 2.75) is 0 Å². The highest BCUT2D eigenvalue weighted by Crippen LogP contribution is 2.46. The maximum Gasteiger partial charge on any atom is 0.227 e. The van der Waals surface area contributed by atoms with E-state index < -0.39 is 0 Å². The van der Waals surface area contributed by atoms with Crippen LogP contribution in [0, 0.1) is 0 Å². The molecule has 0 aliphatic rings. The van der Waals surface area contributed by atoms with Crippen LogP contribution in [0.4, 0.5) is 0 Å². The Balaban J connectivity index is 1.03. The third-order valence-electron chi connectivity index (χ3n) is 10.7. The highest BCUT2D eigenvalue weighted by molar-refractivity contribution is 7.26. The van der Waals surface area contributed by atoms with E-state index in [2.05, 4.69) is 115 Å². The predicted octanol–water partition coefficient (Wildman–Crippen LogP) is 13.8. The van der Waals surface area contributed by atoms with Crippen molar-refractivity contribution in [2.24, 2.45) is 0 Å². The number of benzene rings is 8.